The van der Waals surface area contributed by atoms with Gasteiger partial charge in [0.1, 0.15) is 0 Å². The molecule has 306 valence electrons. The molecule has 0 saturated carbocycles. The minimum absolute atomic E-state index is 0.00397. The molecule has 12 nitrogen and oxygen atoms in total. The number of phosphoric ester groups is 1. The van der Waals surface area contributed by atoms with Gasteiger partial charge in [-0.25, -0.2) is 9.36 Å². The Balaban J connectivity index is -0.000000292. The van der Waals surface area contributed by atoms with Crippen LogP contribution in [0.15, 0.2) is 0 Å². The maximum Gasteiger partial charge on any atom is 0.508 e. The third kappa shape index (κ3) is 56.8. The van der Waals surface area contributed by atoms with Gasteiger partial charge in [0.2, 0.25) is 0 Å². The summed E-state index contributed by atoms with van der Waals surface area (Å²) < 4.78 is 64.2. The molecule has 0 aromatic carbocycles. The maximum atomic E-state index is 12.6. The highest BCUT2D eigenvalue weighted by molar-refractivity contribution is 7.51. The number of carbonyl (C=O) groups excluding carboxylic acids is 1. The SMILES string of the molecule is CC(C)(C)COP(=O)(OC(C)(C)C)OC(C)(C)C.CC(C)(C)COP(C)(=O)O.CC(C)OC(=O)OCC(C)(C)C.COCCOCC(C)(C)C. The molecule has 0 bridgehead atoms. The van der Waals surface area contributed by atoms with E-state index >= 15 is 0 Å². The van der Waals surface area contributed by atoms with Crippen LogP contribution in [-0.4, -0.2) is 81.8 Å². The number of hydrogen-bond acceptors (Lipinski definition) is 11. The van der Waals surface area contributed by atoms with Gasteiger partial charge in [-0.2, -0.15) is 0 Å². The molecule has 0 aromatic heterocycles. The van der Waals surface area contributed by atoms with Gasteiger partial charge in [-0.1, -0.05) is 83.1 Å². The molecule has 1 unspecified atom stereocenters. The van der Waals surface area contributed by atoms with Crippen LogP contribution in [0.4, 0.5) is 4.79 Å². The van der Waals surface area contributed by atoms with E-state index in [2.05, 4.69) is 20.8 Å². The minimum Gasteiger partial charge on any atom is -0.434 e. The largest absolute Gasteiger partial charge is 0.508 e. The lowest BCUT2D eigenvalue weighted by molar-refractivity contribution is -0.00567. The third-order valence-electron chi connectivity index (χ3n) is 4.09. The fraction of sp³-hybridized carbons (Fsp3) is 0.972. The van der Waals surface area contributed by atoms with E-state index in [4.69, 9.17) is 41.9 Å². The molecule has 0 fully saturated rings. The zero-order chi connectivity index (χ0) is 41.1. The van der Waals surface area contributed by atoms with Crippen LogP contribution in [0.1, 0.15) is 138 Å². The summed E-state index contributed by atoms with van der Waals surface area (Å²) in [5, 5.41) is 0. The monoisotopic (exact) mass is 767 g/mol. The van der Waals surface area contributed by atoms with Crippen molar-refractivity contribution in [2.45, 2.75) is 156 Å². The van der Waals surface area contributed by atoms with Gasteiger partial charge in [0.15, 0.2) is 0 Å². The zero-order valence-electron chi connectivity index (χ0n) is 36.2. The van der Waals surface area contributed by atoms with Crippen LogP contribution >= 0.6 is 15.4 Å². The normalized spacial score (nSPS) is 14.2. The van der Waals surface area contributed by atoms with Gasteiger partial charge in [-0.15, -0.1) is 0 Å². The van der Waals surface area contributed by atoms with Crippen molar-refractivity contribution in [1.82, 2.24) is 0 Å². The van der Waals surface area contributed by atoms with Crippen molar-refractivity contribution in [3.63, 3.8) is 0 Å². The maximum absolute atomic E-state index is 12.6. The molecule has 0 aliphatic rings. The fourth-order valence-electron chi connectivity index (χ4n) is 2.35. The predicted octanol–water partition coefficient (Wildman–Crippen LogP) is 10.9. The van der Waals surface area contributed by atoms with E-state index in [-0.39, 0.29) is 27.8 Å². The number of carbonyl (C=O) groups is 1. The number of hydrogen-bond donors (Lipinski definition) is 1. The average Bonchev–Trinajstić information content (AvgIpc) is 2.79. The molecule has 1 atom stereocenters. The van der Waals surface area contributed by atoms with E-state index in [1.165, 1.54) is 6.66 Å². The molecule has 0 aromatic rings. The summed E-state index contributed by atoms with van der Waals surface area (Å²) in [4.78, 5) is 19.6. The van der Waals surface area contributed by atoms with E-state index in [0.29, 0.717) is 33.0 Å². The summed E-state index contributed by atoms with van der Waals surface area (Å²) >= 11 is 0. The Labute approximate surface area is 307 Å². The summed E-state index contributed by atoms with van der Waals surface area (Å²) in [5.74, 6) is 0. The standard InChI is InChI=1S/C13H29O4P.C9H18O3.C8H18O2.C6H15O3P/c1-11(2,3)10-15-18(14,16-12(4,5)6)17-13(7,8)9;1-7(2)12-8(10)11-6-9(3,4)5;1-8(2,3)7-10-6-5-9-4;1-6(2,3)5-9-10(4,7)8/h10H2,1-9H3;7H,6H2,1-5H3;5-7H2,1-4H3;5H2,1-4H3,(H,7,8). The molecule has 0 amide bonds. The van der Waals surface area contributed by atoms with E-state index in [1.807, 2.05) is 104 Å². The van der Waals surface area contributed by atoms with E-state index in [9.17, 15) is 13.9 Å². The van der Waals surface area contributed by atoms with Crippen LogP contribution < -0.4 is 0 Å². The Hall–Kier alpha value is -0.550. The summed E-state index contributed by atoms with van der Waals surface area (Å²) in [6, 6.07) is 0. The molecule has 1 N–H and O–H groups in total. The number of rotatable bonds is 12. The average molecular weight is 767 g/mol. The van der Waals surface area contributed by atoms with Crippen LogP contribution in [0.3, 0.4) is 0 Å². The fourth-order valence-corrected chi connectivity index (χ4v) is 5.01. The Morgan fingerprint density at radius 3 is 1.22 bits per heavy atom. The van der Waals surface area contributed by atoms with Crippen molar-refractivity contribution in [3.05, 3.63) is 0 Å². The van der Waals surface area contributed by atoms with Crippen LogP contribution in [0.2, 0.25) is 0 Å². The molecule has 0 saturated heterocycles. The van der Waals surface area contributed by atoms with Gasteiger partial charge < -0.3 is 28.4 Å². The van der Waals surface area contributed by atoms with E-state index in [1.54, 1.807) is 21.0 Å². The second-order valence-corrected chi connectivity index (χ2v) is 22.6. The van der Waals surface area contributed by atoms with Gasteiger partial charge in [-0.05, 0) is 77.0 Å². The van der Waals surface area contributed by atoms with Crippen molar-refractivity contribution >= 4 is 21.6 Å². The Morgan fingerprint density at radius 2 is 0.960 bits per heavy atom. The molecule has 0 aliphatic heterocycles. The van der Waals surface area contributed by atoms with Crippen molar-refractivity contribution in [3.8, 4) is 0 Å². The first-order valence-corrected chi connectivity index (χ1v) is 20.7. The molecule has 0 heterocycles. The Kier molecular flexibility index (Phi) is 26.9. The quantitative estimate of drug-likeness (QED) is 0.115. The smallest absolute Gasteiger partial charge is 0.434 e. The Bertz CT molecular complexity index is 946. The highest BCUT2D eigenvalue weighted by Crippen LogP contribution is 2.56. The highest BCUT2D eigenvalue weighted by Gasteiger charge is 2.38. The first-order chi connectivity index (χ1) is 21.7. The van der Waals surface area contributed by atoms with Crippen LogP contribution in [-0.2, 0) is 46.2 Å². The molecule has 14 heteroatoms. The third-order valence-corrected chi connectivity index (χ3v) is 6.68. The van der Waals surface area contributed by atoms with Crippen LogP contribution in [0.25, 0.3) is 0 Å². The van der Waals surface area contributed by atoms with E-state index in [0.717, 1.165) is 6.61 Å². The zero-order valence-corrected chi connectivity index (χ0v) is 37.9. The van der Waals surface area contributed by atoms with Gasteiger partial charge >= 0.3 is 21.6 Å². The summed E-state index contributed by atoms with van der Waals surface area (Å²) in [5.41, 5.74) is -1.05. The van der Waals surface area contributed by atoms with Gasteiger partial charge in [0.25, 0.3) is 0 Å². The topological polar surface area (TPSA) is 145 Å². The second kappa shape index (κ2) is 24.0. The van der Waals surface area contributed by atoms with E-state index < -0.39 is 32.8 Å². The van der Waals surface area contributed by atoms with Crippen molar-refractivity contribution in [1.29, 1.82) is 0 Å². The summed E-state index contributed by atoms with van der Waals surface area (Å²) in [7, 11) is -5.14. The number of methoxy groups -OCH3 is 1. The van der Waals surface area contributed by atoms with Crippen molar-refractivity contribution < 1.29 is 55.9 Å². The van der Waals surface area contributed by atoms with Gasteiger partial charge in [-0.3, -0.25) is 18.1 Å². The first-order valence-electron chi connectivity index (χ1n) is 17.2. The molecular formula is C36H80O12P2. The molecule has 0 radical (unpaired) electrons. The van der Waals surface area contributed by atoms with Crippen molar-refractivity contribution in [2.24, 2.45) is 21.7 Å². The molecule has 50 heavy (non-hydrogen) atoms. The Morgan fingerprint density at radius 1 is 0.600 bits per heavy atom. The molecule has 0 aliphatic carbocycles. The first kappa shape index (κ1) is 56.2. The van der Waals surface area contributed by atoms with Crippen LogP contribution in [0, 0.1) is 21.7 Å². The molecule has 0 rings (SSSR count). The lowest BCUT2D eigenvalue weighted by Crippen LogP contribution is -2.26. The second-order valence-electron chi connectivity index (χ2n) is 19.2. The van der Waals surface area contributed by atoms with Crippen molar-refractivity contribution in [2.75, 3.05) is 53.4 Å². The summed E-state index contributed by atoms with van der Waals surface area (Å²) in [6.45, 7) is 43.2. The molecular weight excluding hydrogens is 686 g/mol. The number of ether oxygens (including phenoxy) is 4. The van der Waals surface area contributed by atoms with Gasteiger partial charge in [0, 0.05) is 13.8 Å². The minimum atomic E-state index is -3.56. The molecule has 0 spiro atoms. The highest BCUT2D eigenvalue weighted by atomic mass is 31.2. The lowest BCUT2D eigenvalue weighted by Gasteiger charge is -2.32. The predicted molar refractivity (Wildman–Crippen MR) is 205 cm³/mol. The van der Waals surface area contributed by atoms with Gasteiger partial charge in [0.05, 0.1) is 56.9 Å². The van der Waals surface area contributed by atoms with Crippen LogP contribution in [0.5, 0.6) is 0 Å². The lowest BCUT2D eigenvalue weighted by atomic mass is 9.99. The summed E-state index contributed by atoms with van der Waals surface area (Å²) in [6.07, 6.45) is -0.697. The number of phosphoric acid groups is 1.